The van der Waals surface area contributed by atoms with E-state index in [0.29, 0.717) is 5.92 Å². The zero-order chi connectivity index (χ0) is 34.8. The molecule has 2 heteroatoms. The van der Waals surface area contributed by atoms with Gasteiger partial charge in [0.25, 0.3) is 0 Å². The SMILES string of the molecule is CC1C=CC(C)(n2c3ccccc3c3cc(-c4ccc5c(c4)c4c(n5-c5ccc(C6=CC(C7=CC=C=C=C7)CC#C6)cc5)C=C=CC4)ccc32)CC1. The van der Waals surface area contributed by atoms with Crippen molar-refractivity contribution >= 4 is 44.4 Å². The molecule has 2 heterocycles. The second kappa shape index (κ2) is 12.0. The number of nitrogens with zero attached hydrogens (tertiary/aromatic N) is 2. The van der Waals surface area contributed by atoms with Gasteiger partial charge in [0.15, 0.2) is 0 Å². The summed E-state index contributed by atoms with van der Waals surface area (Å²) in [5, 5.41) is 3.93. The van der Waals surface area contributed by atoms with Crippen LogP contribution in [-0.4, -0.2) is 9.13 Å². The largest absolute Gasteiger partial charge is 0.331 e. The van der Waals surface area contributed by atoms with Crippen molar-refractivity contribution in [3.8, 4) is 28.7 Å². The third-order valence-corrected chi connectivity index (χ3v) is 11.6. The zero-order valence-corrected chi connectivity index (χ0v) is 29.6. The number of rotatable bonds is 5. The van der Waals surface area contributed by atoms with Gasteiger partial charge in [-0.15, -0.1) is 5.73 Å². The highest BCUT2D eigenvalue weighted by Gasteiger charge is 2.30. The summed E-state index contributed by atoms with van der Waals surface area (Å²) in [6.45, 7) is 4.72. The van der Waals surface area contributed by atoms with Gasteiger partial charge < -0.3 is 9.13 Å². The van der Waals surface area contributed by atoms with Gasteiger partial charge in [0.1, 0.15) is 0 Å². The summed E-state index contributed by atoms with van der Waals surface area (Å²) >= 11 is 0. The quantitative estimate of drug-likeness (QED) is 0.0984. The Morgan fingerprint density at radius 1 is 0.788 bits per heavy atom. The lowest BCUT2D eigenvalue weighted by Crippen LogP contribution is -2.30. The van der Waals surface area contributed by atoms with Gasteiger partial charge >= 0.3 is 0 Å². The predicted molar refractivity (Wildman–Crippen MR) is 217 cm³/mol. The summed E-state index contributed by atoms with van der Waals surface area (Å²) in [7, 11) is 0. The maximum absolute atomic E-state index is 3.40. The van der Waals surface area contributed by atoms with Gasteiger partial charge in [-0.1, -0.05) is 90.9 Å². The highest BCUT2D eigenvalue weighted by Crippen LogP contribution is 2.42. The molecule has 0 N–H and O–H groups in total. The summed E-state index contributed by atoms with van der Waals surface area (Å²) in [4.78, 5) is 0. The van der Waals surface area contributed by atoms with E-state index in [-0.39, 0.29) is 11.5 Å². The Labute approximate surface area is 305 Å². The molecule has 0 saturated carbocycles. The van der Waals surface area contributed by atoms with Gasteiger partial charge in [0, 0.05) is 63.3 Å². The van der Waals surface area contributed by atoms with Gasteiger partial charge in [0.05, 0.1) is 16.7 Å². The van der Waals surface area contributed by atoms with E-state index in [1.54, 1.807) is 0 Å². The molecule has 0 fully saturated rings. The molecule has 52 heavy (non-hydrogen) atoms. The third kappa shape index (κ3) is 4.92. The Morgan fingerprint density at radius 3 is 2.38 bits per heavy atom. The Balaban J connectivity index is 1.04. The van der Waals surface area contributed by atoms with E-state index in [0.717, 1.165) is 36.1 Å². The lowest BCUT2D eigenvalue weighted by atomic mass is 9.84. The molecule has 4 aliphatic rings. The van der Waals surface area contributed by atoms with Crippen molar-refractivity contribution in [2.75, 3.05) is 0 Å². The van der Waals surface area contributed by atoms with Crippen LogP contribution >= 0.6 is 0 Å². The van der Waals surface area contributed by atoms with Crippen molar-refractivity contribution in [1.82, 2.24) is 9.13 Å². The zero-order valence-electron chi connectivity index (χ0n) is 29.6. The molecule has 10 rings (SSSR count). The van der Waals surface area contributed by atoms with Crippen LogP contribution in [0.25, 0.3) is 61.2 Å². The fraction of sp³-hybridized carbons (Fsp3) is 0.180. The van der Waals surface area contributed by atoms with Crippen LogP contribution in [0.4, 0.5) is 0 Å². The fourth-order valence-corrected chi connectivity index (χ4v) is 8.78. The van der Waals surface area contributed by atoms with Gasteiger partial charge in [-0.05, 0) is 120 Å². The molecule has 3 atom stereocenters. The Hall–Kier alpha value is -6.18. The van der Waals surface area contributed by atoms with Crippen LogP contribution in [0.3, 0.4) is 0 Å². The third-order valence-electron chi connectivity index (χ3n) is 11.6. The molecule has 0 radical (unpaired) electrons. The summed E-state index contributed by atoms with van der Waals surface area (Å²) in [5.41, 5.74) is 22.9. The molecule has 2 nitrogen and oxygen atoms in total. The van der Waals surface area contributed by atoms with Gasteiger partial charge in [-0.25, -0.2) is 0 Å². The van der Waals surface area contributed by atoms with Crippen molar-refractivity contribution in [2.45, 2.75) is 45.1 Å². The van der Waals surface area contributed by atoms with Crippen molar-refractivity contribution in [3.05, 3.63) is 167 Å². The average Bonchev–Trinajstić information content (AvgIpc) is 3.72. The molecule has 6 aromatic rings. The minimum Gasteiger partial charge on any atom is -0.331 e. The summed E-state index contributed by atoms with van der Waals surface area (Å²) in [6, 6.07) is 31.9. The summed E-state index contributed by atoms with van der Waals surface area (Å²) < 4.78 is 4.98. The van der Waals surface area contributed by atoms with Crippen LogP contribution in [0.15, 0.2) is 150 Å². The van der Waals surface area contributed by atoms with Crippen LogP contribution < -0.4 is 0 Å². The first-order chi connectivity index (χ1) is 25.5. The van der Waals surface area contributed by atoms with E-state index >= 15 is 0 Å². The lowest BCUT2D eigenvalue weighted by molar-refractivity contribution is 0.347. The Bertz CT molecular complexity index is 2830. The molecule has 3 unspecified atom stereocenters. The first kappa shape index (κ1) is 30.6. The smallest absolute Gasteiger partial charge is 0.0606 e. The van der Waals surface area contributed by atoms with Gasteiger partial charge in [-0.2, -0.15) is 0 Å². The number of allylic oxidation sites excluding steroid dienone is 9. The van der Waals surface area contributed by atoms with Crippen LogP contribution in [-0.2, 0) is 12.0 Å². The molecule has 2 aromatic heterocycles. The molecular formula is C50H38N2. The van der Waals surface area contributed by atoms with Crippen LogP contribution in [0.1, 0.15) is 49.9 Å². The highest BCUT2D eigenvalue weighted by molar-refractivity contribution is 6.10. The first-order valence-electron chi connectivity index (χ1n) is 18.5. The number of hydrogen-bond acceptors (Lipinski definition) is 0. The second-order valence-corrected chi connectivity index (χ2v) is 15.0. The standard InChI is InChI=1S/C50H38N2/c1-34-27-29-50(2,30-28-34)52-48-18-9-7-16-43(48)45-33-40(22-26-49(45)52)39-21-25-47-44(32-39)42-15-6-8-17-46(42)51(47)41-23-19-36(20-24-41)38-14-10-13-37(31-38)35-11-4-3-5-12-35/h4,6-7,9,11-12,16-27,29,31-34,37H,13,15,28,30H2,1-2H3. The summed E-state index contributed by atoms with van der Waals surface area (Å²) in [6.07, 6.45) is 21.6. The normalized spacial score (nSPS) is 21.4. The molecule has 0 saturated heterocycles. The van der Waals surface area contributed by atoms with Crippen molar-refractivity contribution in [1.29, 1.82) is 0 Å². The van der Waals surface area contributed by atoms with Crippen molar-refractivity contribution in [3.63, 3.8) is 0 Å². The monoisotopic (exact) mass is 666 g/mol. The van der Waals surface area contributed by atoms with Crippen molar-refractivity contribution < 1.29 is 0 Å². The maximum atomic E-state index is 3.40. The molecule has 4 aromatic carbocycles. The van der Waals surface area contributed by atoms with Gasteiger partial charge in [-0.3, -0.25) is 0 Å². The van der Waals surface area contributed by atoms with Crippen LogP contribution in [0.5, 0.6) is 0 Å². The molecule has 0 bridgehead atoms. The van der Waals surface area contributed by atoms with Crippen LogP contribution in [0, 0.1) is 23.7 Å². The van der Waals surface area contributed by atoms with E-state index in [9.17, 15) is 0 Å². The number of aromatic nitrogens is 2. The fourth-order valence-electron chi connectivity index (χ4n) is 8.78. The Morgan fingerprint density at radius 2 is 1.58 bits per heavy atom. The van der Waals surface area contributed by atoms with E-state index in [4.69, 9.17) is 0 Å². The molecular weight excluding hydrogens is 629 g/mol. The number of fused-ring (bicyclic) bond motifs is 6. The highest BCUT2D eigenvalue weighted by atomic mass is 15.1. The van der Waals surface area contributed by atoms with E-state index in [1.165, 1.54) is 67.1 Å². The Kier molecular flexibility index (Phi) is 7.05. The van der Waals surface area contributed by atoms with E-state index in [2.05, 4.69) is 173 Å². The first-order valence-corrected chi connectivity index (χ1v) is 18.5. The number of hydrogen-bond donors (Lipinski definition) is 0. The van der Waals surface area contributed by atoms with Crippen LogP contribution in [0.2, 0.25) is 0 Å². The number of para-hydroxylation sites is 1. The molecule has 0 amide bonds. The van der Waals surface area contributed by atoms with Crippen molar-refractivity contribution in [2.24, 2.45) is 11.8 Å². The maximum Gasteiger partial charge on any atom is 0.0606 e. The minimum atomic E-state index is -0.0430. The van der Waals surface area contributed by atoms with Gasteiger partial charge in [0.2, 0.25) is 0 Å². The lowest BCUT2D eigenvalue weighted by Gasteiger charge is -2.34. The van der Waals surface area contributed by atoms with E-state index in [1.807, 2.05) is 12.2 Å². The molecule has 0 aliphatic heterocycles. The molecule has 248 valence electrons. The number of benzene rings is 4. The average molecular weight is 667 g/mol. The predicted octanol–water partition coefficient (Wildman–Crippen LogP) is 12.0. The second-order valence-electron chi connectivity index (χ2n) is 15.0. The minimum absolute atomic E-state index is 0.0430. The molecule has 0 spiro atoms. The summed E-state index contributed by atoms with van der Waals surface area (Å²) in [5.74, 6) is 7.68. The topological polar surface area (TPSA) is 9.86 Å². The van der Waals surface area contributed by atoms with E-state index < -0.39 is 0 Å². The molecule has 4 aliphatic carbocycles.